The zero-order valence-corrected chi connectivity index (χ0v) is 12.3. The van der Waals surface area contributed by atoms with Gasteiger partial charge in [0.1, 0.15) is 5.75 Å². The number of aryl methyl sites for hydroxylation is 1. The Kier molecular flexibility index (Phi) is 4.42. The maximum atomic E-state index is 10.7. The van der Waals surface area contributed by atoms with Gasteiger partial charge in [-0.1, -0.05) is 11.6 Å². The topological polar surface area (TPSA) is 64.4 Å². The number of benzene rings is 1. The van der Waals surface area contributed by atoms with Crippen molar-refractivity contribution in [2.24, 2.45) is 0 Å². The van der Waals surface area contributed by atoms with Crippen molar-refractivity contribution >= 4 is 12.0 Å². The van der Waals surface area contributed by atoms with Crippen LogP contribution in [0, 0.1) is 6.92 Å². The smallest absolute Gasteiger partial charge is 0.328 e. The van der Waals surface area contributed by atoms with Gasteiger partial charge in [0.25, 0.3) is 0 Å². The van der Waals surface area contributed by atoms with Gasteiger partial charge in [-0.15, -0.1) is 0 Å². The van der Waals surface area contributed by atoms with Crippen molar-refractivity contribution in [1.29, 1.82) is 0 Å². The lowest BCUT2D eigenvalue weighted by Crippen LogP contribution is -1.99. The standard InChI is InChI=1S/C16H18N2O3/c1-11(2)18-10-14(9-17-18)21-15-6-4-12(3)8-13(15)5-7-16(19)20/h4-11H,1-3H3,(H,19,20)/b7-5+. The Morgan fingerprint density at radius 2 is 2.19 bits per heavy atom. The maximum absolute atomic E-state index is 10.7. The van der Waals surface area contributed by atoms with E-state index in [1.165, 1.54) is 6.08 Å². The molecule has 5 heteroatoms. The molecule has 1 aromatic heterocycles. The average Bonchev–Trinajstić information content (AvgIpc) is 2.87. The van der Waals surface area contributed by atoms with Gasteiger partial charge in [-0.25, -0.2) is 4.79 Å². The molecule has 0 aliphatic carbocycles. The lowest BCUT2D eigenvalue weighted by atomic mass is 10.1. The van der Waals surface area contributed by atoms with Gasteiger partial charge in [0.15, 0.2) is 5.75 Å². The summed E-state index contributed by atoms with van der Waals surface area (Å²) in [4.78, 5) is 10.7. The third-order valence-corrected chi connectivity index (χ3v) is 2.91. The molecular weight excluding hydrogens is 268 g/mol. The maximum Gasteiger partial charge on any atom is 0.328 e. The molecule has 0 spiro atoms. The van der Waals surface area contributed by atoms with Gasteiger partial charge in [-0.3, -0.25) is 4.68 Å². The van der Waals surface area contributed by atoms with Crippen molar-refractivity contribution in [3.63, 3.8) is 0 Å². The van der Waals surface area contributed by atoms with E-state index in [1.807, 2.05) is 45.2 Å². The molecule has 0 atom stereocenters. The van der Waals surface area contributed by atoms with Crippen molar-refractivity contribution in [3.8, 4) is 11.5 Å². The number of aromatic nitrogens is 2. The highest BCUT2D eigenvalue weighted by Crippen LogP contribution is 2.27. The molecule has 0 saturated heterocycles. The van der Waals surface area contributed by atoms with Crippen LogP contribution in [0.1, 0.15) is 31.0 Å². The first-order valence-electron chi connectivity index (χ1n) is 6.69. The molecule has 0 aliphatic heterocycles. The summed E-state index contributed by atoms with van der Waals surface area (Å²) >= 11 is 0. The molecule has 0 bridgehead atoms. The van der Waals surface area contributed by atoms with Crippen LogP contribution in [0.2, 0.25) is 0 Å². The fraction of sp³-hybridized carbons (Fsp3) is 0.250. The number of carboxylic acid groups (broad SMARTS) is 1. The SMILES string of the molecule is Cc1ccc(Oc2cnn(C(C)C)c2)c(/C=C/C(=O)O)c1. The molecule has 1 N–H and O–H groups in total. The number of hydrogen-bond donors (Lipinski definition) is 1. The summed E-state index contributed by atoms with van der Waals surface area (Å²) in [5, 5.41) is 13.0. The van der Waals surface area contributed by atoms with Crippen molar-refractivity contribution in [2.75, 3.05) is 0 Å². The molecule has 1 heterocycles. The Morgan fingerprint density at radius 3 is 2.81 bits per heavy atom. The molecule has 0 saturated carbocycles. The number of aliphatic carboxylic acids is 1. The molecule has 110 valence electrons. The second kappa shape index (κ2) is 6.26. The zero-order chi connectivity index (χ0) is 15.4. The molecule has 0 amide bonds. The van der Waals surface area contributed by atoms with Crippen LogP contribution < -0.4 is 4.74 Å². The van der Waals surface area contributed by atoms with Crippen LogP contribution >= 0.6 is 0 Å². The van der Waals surface area contributed by atoms with E-state index < -0.39 is 5.97 Å². The van der Waals surface area contributed by atoms with Gasteiger partial charge in [0, 0.05) is 17.7 Å². The summed E-state index contributed by atoms with van der Waals surface area (Å²) in [6.07, 6.45) is 6.08. The lowest BCUT2D eigenvalue weighted by Gasteiger charge is -2.08. The number of carboxylic acids is 1. The Hall–Kier alpha value is -2.56. The third kappa shape index (κ3) is 3.95. The predicted octanol–water partition coefficient (Wildman–Crippen LogP) is 3.66. The number of rotatable bonds is 5. The first kappa shape index (κ1) is 14.8. The van der Waals surface area contributed by atoms with Gasteiger partial charge in [-0.2, -0.15) is 5.10 Å². The Labute approximate surface area is 123 Å². The van der Waals surface area contributed by atoms with Crippen LogP contribution in [0.3, 0.4) is 0 Å². The summed E-state index contributed by atoms with van der Waals surface area (Å²) in [5.41, 5.74) is 1.75. The van der Waals surface area contributed by atoms with E-state index in [-0.39, 0.29) is 6.04 Å². The lowest BCUT2D eigenvalue weighted by molar-refractivity contribution is -0.131. The van der Waals surface area contributed by atoms with Crippen molar-refractivity contribution in [1.82, 2.24) is 9.78 Å². The Morgan fingerprint density at radius 1 is 1.43 bits per heavy atom. The Balaban J connectivity index is 2.27. The highest BCUT2D eigenvalue weighted by molar-refractivity contribution is 5.86. The minimum absolute atomic E-state index is 0.256. The Bertz CT molecular complexity index is 672. The highest BCUT2D eigenvalue weighted by Gasteiger charge is 2.07. The second-order valence-electron chi connectivity index (χ2n) is 5.06. The molecule has 0 radical (unpaired) electrons. The van der Waals surface area contributed by atoms with Crippen molar-refractivity contribution in [2.45, 2.75) is 26.8 Å². The van der Waals surface area contributed by atoms with Crippen LogP contribution in [0.5, 0.6) is 11.5 Å². The molecule has 21 heavy (non-hydrogen) atoms. The number of nitrogens with zero attached hydrogens (tertiary/aromatic N) is 2. The average molecular weight is 286 g/mol. The number of carbonyl (C=O) groups is 1. The van der Waals surface area contributed by atoms with E-state index in [0.717, 1.165) is 17.2 Å². The highest BCUT2D eigenvalue weighted by atomic mass is 16.5. The second-order valence-corrected chi connectivity index (χ2v) is 5.06. The summed E-state index contributed by atoms with van der Waals surface area (Å²) in [7, 11) is 0. The molecule has 0 fully saturated rings. The monoisotopic (exact) mass is 286 g/mol. The molecule has 1 aromatic carbocycles. The van der Waals surface area contributed by atoms with Crippen LogP contribution in [-0.2, 0) is 4.79 Å². The summed E-state index contributed by atoms with van der Waals surface area (Å²) in [6.45, 7) is 6.01. The van der Waals surface area contributed by atoms with Crippen LogP contribution in [-0.4, -0.2) is 20.9 Å². The van der Waals surface area contributed by atoms with Gasteiger partial charge in [0.2, 0.25) is 0 Å². The number of hydrogen-bond acceptors (Lipinski definition) is 3. The predicted molar refractivity (Wildman–Crippen MR) is 80.5 cm³/mol. The third-order valence-electron chi connectivity index (χ3n) is 2.91. The fourth-order valence-corrected chi connectivity index (χ4v) is 1.83. The van der Waals surface area contributed by atoms with Gasteiger partial charge in [0.05, 0.1) is 12.4 Å². The van der Waals surface area contributed by atoms with E-state index in [2.05, 4.69) is 5.10 Å². The van der Waals surface area contributed by atoms with Crippen LogP contribution in [0.4, 0.5) is 0 Å². The molecule has 2 aromatic rings. The van der Waals surface area contributed by atoms with Crippen LogP contribution in [0.15, 0.2) is 36.7 Å². The molecule has 0 unspecified atom stereocenters. The first-order chi connectivity index (χ1) is 9.95. The van der Waals surface area contributed by atoms with Crippen LogP contribution in [0.25, 0.3) is 6.08 Å². The zero-order valence-electron chi connectivity index (χ0n) is 12.3. The van der Waals surface area contributed by atoms with E-state index in [1.54, 1.807) is 10.9 Å². The quantitative estimate of drug-likeness (QED) is 0.852. The van der Waals surface area contributed by atoms with E-state index in [9.17, 15) is 4.79 Å². The molecule has 2 rings (SSSR count). The first-order valence-corrected chi connectivity index (χ1v) is 6.69. The van der Waals surface area contributed by atoms with E-state index in [4.69, 9.17) is 9.84 Å². The molecule has 5 nitrogen and oxygen atoms in total. The van der Waals surface area contributed by atoms with Gasteiger partial charge >= 0.3 is 5.97 Å². The summed E-state index contributed by atoms with van der Waals surface area (Å²) in [6, 6.07) is 5.87. The largest absolute Gasteiger partial charge is 0.478 e. The fourth-order valence-electron chi connectivity index (χ4n) is 1.83. The minimum Gasteiger partial charge on any atom is -0.478 e. The normalized spacial score (nSPS) is 11.2. The van der Waals surface area contributed by atoms with Gasteiger partial charge in [-0.05, 0) is 39.0 Å². The minimum atomic E-state index is -0.991. The summed E-state index contributed by atoms with van der Waals surface area (Å²) in [5.74, 6) is 0.231. The molecule has 0 aliphatic rings. The van der Waals surface area contributed by atoms with Gasteiger partial charge < -0.3 is 9.84 Å². The van der Waals surface area contributed by atoms with Crippen molar-refractivity contribution < 1.29 is 14.6 Å². The van der Waals surface area contributed by atoms with Crippen molar-refractivity contribution in [3.05, 3.63) is 47.8 Å². The van der Waals surface area contributed by atoms with E-state index in [0.29, 0.717) is 11.5 Å². The number of ether oxygens (including phenoxy) is 1. The summed E-state index contributed by atoms with van der Waals surface area (Å²) < 4.78 is 7.60. The van der Waals surface area contributed by atoms with E-state index >= 15 is 0 Å². The molecular formula is C16H18N2O3.